The highest BCUT2D eigenvalue weighted by Crippen LogP contribution is 2.11. The lowest BCUT2D eigenvalue weighted by molar-refractivity contribution is -0.119. The lowest BCUT2D eigenvalue weighted by Crippen LogP contribution is -2.30. The van der Waals surface area contributed by atoms with Gasteiger partial charge in [-0.1, -0.05) is 5.21 Å². The van der Waals surface area contributed by atoms with E-state index in [9.17, 15) is 9.59 Å². The molecule has 1 aromatic heterocycles. The molecule has 18 heavy (non-hydrogen) atoms. The van der Waals surface area contributed by atoms with E-state index in [1.54, 1.807) is 18.5 Å². The zero-order chi connectivity index (χ0) is 13.1. The molecule has 1 aromatic rings. The maximum atomic E-state index is 11.6. The highest BCUT2D eigenvalue weighted by atomic mass is 16.5. The van der Waals surface area contributed by atoms with Gasteiger partial charge in [-0.2, -0.15) is 0 Å². The molecule has 7 heteroatoms. The molecular formula is C11H16N4O3. The van der Waals surface area contributed by atoms with E-state index in [-0.39, 0.29) is 17.6 Å². The summed E-state index contributed by atoms with van der Waals surface area (Å²) in [5.41, 5.74) is 0.899. The molecule has 0 aromatic carbocycles. The van der Waals surface area contributed by atoms with E-state index in [2.05, 4.69) is 15.6 Å². The first kappa shape index (κ1) is 12.5. The average Bonchev–Trinajstić information content (AvgIpc) is 2.88. The molecule has 1 aliphatic heterocycles. The number of ether oxygens (including phenoxy) is 1. The van der Waals surface area contributed by atoms with Crippen LogP contribution < -0.4 is 5.32 Å². The Hall–Kier alpha value is -1.92. The Labute approximate surface area is 104 Å². The van der Waals surface area contributed by atoms with Crippen LogP contribution in [0.2, 0.25) is 0 Å². The van der Waals surface area contributed by atoms with E-state index in [1.165, 1.54) is 0 Å². The summed E-state index contributed by atoms with van der Waals surface area (Å²) in [6, 6.07) is 0.0629. The minimum absolute atomic E-state index is 0.0587. The number of amides is 1. The molecule has 7 nitrogen and oxygen atoms in total. The predicted molar refractivity (Wildman–Crippen MR) is 61.9 cm³/mol. The van der Waals surface area contributed by atoms with E-state index < -0.39 is 5.97 Å². The third kappa shape index (κ3) is 2.49. The van der Waals surface area contributed by atoms with Crippen molar-refractivity contribution in [2.45, 2.75) is 39.3 Å². The second-order valence-electron chi connectivity index (χ2n) is 4.23. The van der Waals surface area contributed by atoms with E-state index in [0.717, 1.165) is 6.42 Å². The van der Waals surface area contributed by atoms with Crippen molar-refractivity contribution in [1.29, 1.82) is 0 Å². The van der Waals surface area contributed by atoms with Crippen LogP contribution in [0.4, 0.5) is 0 Å². The van der Waals surface area contributed by atoms with Gasteiger partial charge in [0.05, 0.1) is 18.8 Å². The van der Waals surface area contributed by atoms with Crippen molar-refractivity contribution in [3.8, 4) is 0 Å². The fourth-order valence-electron chi connectivity index (χ4n) is 1.94. The largest absolute Gasteiger partial charge is 0.461 e. The Morgan fingerprint density at radius 3 is 3.00 bits per heavy atom. The summed E-state index contributed by atoms with van der Waals surface area (Å²) in [6.45, 7) is 4.35. The number of carbonyl (C=O) groups excluding carboxylic acids is 2. The monoisotopic (exact) mass is 252 g/mol. The average molecular weight is 252 g/mol. The Bertz CT molecular complexity index is 469. The number of nitrogens with zero attached hydrogens (tertiary/aromatic N) is 3. The molecule has 1 atom stereocenters. The standard InChI is InChI=1S/C11H16N4O3/c1-3-18-11(17)10-7(2)15(14-13-10)6-8-4-5-9(16)12-8/h8H,3-6H2,1-2H3,(H,12,16). The van der Waals surface area contributed by atoms with E-state index in [1.807, 2.05) is 0 Å². The summed E-state index contributed by atoms with van der Waals surface area (Å²) in [5, 5.41) is 10.6. The van der Waals surface area contributed by atoms with Gasteiger partial charge in [0, 0.05) is 12.5 Å². The normalized spacial score (nSPS) is 18.8. The van der Waals surface area contributed by atoms with Gasteiger partial charge in [0.1, 0.15) is 0 Å². The number of carbonyl (C=O) groups is 2. The molecule has 1 aliphatic rings. The molecule has 0 saturated carbocycles. The van der Waals surface area contributed by atoms with Crippen molar-refractivity contribution >= 4 is 11.9 Å². The maximum Gasteiger partial charge on any atom is 0.360 e. The first-order valence-electron chi connectivity index (χ1n) is 5.98. The number of hydrogen-bond acceptors (Lipinski definition) is 5. The van der Waals surface area contributed by atoms with Crippen molar-refractivity contribution < 1.29 is 14.3 Å². The summed E-state index contributed by atoms with van der Waals surface area (Å²) in [7, 11) is 0. The summed E-state index contributed by atoms with van der Waals surface area (Å²) in [5.74, 6) is -0.403. The molecule has 1 amide bonds. The van der Waals surface area contributed by atoms with E-state index in [4.69, 9.17) is 4.74 Å². The van der Waals surface area contributed by atoms with Gasteiger partial charge in [-0.25, -0.2) is 9.48 Å². The van der Waals surface area contributed by atoms with Crippen LogP contribution in [0.1, 0.15) is 35.9 Å². The maximum absolute atomic E-state index is 11.6. The summed E-state index contributed by atoms with van der Waals surface area (Å²) >= 11 is 0. The SMILES string of the molecule is CCOC(=O)c1nnn(CC2CCC(=O)N2)c1C. The first-order chi connectivity index (χ1) is 8.61. The molecule has 0 spiro atoms. The van der Waals surface area contributed by atoms with Gasteiger partial charge in [0.2, 0.25) is 5.91 Å². The number of hydrogen-bond donors (Lipinski definition) is 1. The van der Waals surface area contributed by atoms with Crippen molar-refractivity contribution in [2.75, 3.05) is 6.61 Å². The fraction of sp³-hybridized carbons (Fsp3) is 0.636. The molecule has 1 unspecified atom stereocenters. The lowest BCUT2D eigenvalue weighted by Gasteiger charge is -2.10. The quantitative estimate of drug-likeness (QED) is 0.765. The minimum atomic E-state index is -0.461. The zero-order valence-electron chi connectivity index (χ0n) is 10.5. The van der Waals surface area contributed by atoms with Gasteiger partial charge in [0.25, 0.3) is 0 Å². The molecular weight excluding hydrogens is 236 g/mol. The van der Waals surface area contributed by atoms with Gasteiger partial charge >= 0.3 is 5.97 Å². The zero-order valence-corrected chi connectivity index (χ0v) is 10.5. The summed E-state index contributed by atoms with van der Waals surface area (Å²) in [4.78, 5) is 22.7. The van der Waals surface area contributed by atoms with Gasteiger partial charge in [0.15, 0.2) is 5.69 Å². The van der Waals surface area contributed by atoms with Crippen LogP contribution in [0.25, 0.3) is 0 Å². The van der Waals surface area contributed by atoms with Crippen LogP contribution in [0.3, 0.4) is 0 Å². The van der Waals surface area contributed by atoms with Crippen molar-refractivity contribution in [3.63, 3.8) is 0 Å². The first-order valence-corrected chi connectivity index (χ1v) is 5.98. The van der Waals surface area contributed by atoms with Crippen molar-refractivity contribution in [2.24, 2.45) is 0 Å². The molecule has 2 heterocycles. The molecule has 98 valence electrons. The van der Waals surface area contributed by atoms with Crippen molar-refractivity contribution in [1.82, 2.24) is 20.3 Å². The number of aromatic nitrogens is 3. The highest BCUT2D eigenvalue weighted by molar-refractivity contribution is 5.88. The number of nitrogens with one attached hydrogen (secondary N) is 1. The second-order valence-corrected chi connectivity index (χ2v) is 4.23. The highest BCUT2D eigenvalue weighted by Gasteiger charge is 2.24. The van der Waals surface area contributed by atoms with Gasteiger partial charge in [-0.3, -0.25) is 4.79 Å². The molecule has 1 fully saturated rings. The van der Waals surface area contributed by atoms with Crippen LogP contribution in [-0.2, 0) is 16.1 Å². The van der Waals surface area contributed by atoms with Crippen LogP contribution in [-0.4, -0.2) is 39.5 Å². The third-order valence-electron chi connectivity index (χ3n) is 2.93. The van der Waals surface area contributed by atoms with Crippen molar-refractivity contribution in [3.05, 3.63) is 11.4 Å². The third-order valence-corrected chi connectivity index (χ3v) is 2.93. The minimum Gasteiger partial charge on any atom is -0.461 e. The smallest absolute Gasteiger partial charge is 0.360 e. The van der Waals surface area contributed by atoms with Crippen LogP contribution in [0.5, 0.6) is 0 Å². The van der Waals surface area contributed by atoms with Gasteiger partial charge in [-0.15, -0.1) is 5.10 Å². The number of esters is 1. The molecule has 2 rings (SSSR count). The van der Waals surface area contributed by atoms with Gasteiger partial charge < -0.3 is 10.1 Å². The lowest BCUT2D eigenvalue weighted by atomic mass is 10.2. The van der Waals surface area contributed by atoms with E-state index in [0.29, 0.717) is 25.3 Å². The molecule has 0 aliphatic carbocycles. The van der Waals surface area contributed by atoms with Crippen LogP contribution in [0, 0.1) is 6.92 Å². The second kappa shape index (κ2) is 5.16. The van der Waals surface area contributed by atoms with Gasteiger partial charge in [-0.05, 0) is 20.3 Å². The predicted octanol–water partition coefficient (Wildman–Crippen LogP) is 0.0418. The van der Waals surface area contributed by atoms with Crippen LogP contribution in [0.15, 0.2) is 0 Å². The topological polar surface area (TPSA) is 86.1 Å². The number of rotatable bonds is 4. The summed E-state index contributed by atoms with van der Waals surface area (Å²) < 4.78 is 6.51. The Morgan fingerprint density at radius 2 is 2.39 bits per heavy atom. The van der Waals surface area contributed by atoms with E-state index >= 15 is 0 Å². The Balaban J connectivity index is 2.06. The molecule has 1 saturated heterocycles. The summed E-state index contributed by atoms with van der Waals surface area (Å²) in [6.07, 6.45) is 1.33. The molecule has 0 bridgehead atoms. The Morgan fingerprint density at radius 1 is 1.61 bits per heavy atom. The Kier molecular flexibility index (Phi) is 3.59. The fourth-order valence-corrected chi connectivity index (χ4v) is 1.94. The molecule has 0 radical (unpaired) electrons. The molecule has 1 N–H and O–H groups in total. The van der Waals surface area contributed by atoms with Crippen LogP contribution >= 0.6 is 0 Å².